The van der Waals surface area contributed by atoms with Crippen LogP contribution in [0.25, 0.3) is 0 Å². The SMILES string of the molecule is Cc1ccc(S(=O)(=O)N2CCNCC2C)cc1C(N)=O.Cl. The van der Waals surface area contributed by atoms with Crippen LogP contribution in [0, 0.1) is 6.92 Å². The largest absolute Gasteiger partial charge is 0.366 e. The van der Waals surface area contributed by atoms with E-state index in [4.69, 9.17) is 5.73 Å². The summed E-state index contributed by atoms with van der Waals surface area (Å²) < 4.78 is 26.7. The van der Waals surface area contributed by atoms with Gasteiger partial charge in [-0.25, -0.2) is 8.42 Å². The number of sulfonamides is 1. The molecule has 0 aliphatic carbocycles. The molecule has 1 atom stereocenters. The van der Waals surface area contributed by atoms with Crippen molar-refractivity contribution in [2.45, 2.75) is 24.8 Å². The van der Waals surface area contributed by atoms with Gasteiger partial charge in [-0.15, -0.1) is 12.4 Å². The summed E-state index contributed by atoms with van der Waals surface area (Å²) in [5.41, 5.74) is 6.19. The van der Waals surface area contributed by atoms with Crippen LogP contribution in [0.4, 0.5) is 0 Å². The highest BCUT2D eigenvalue weighted by atomic mass is 35.5. The lowest BCUT2D eigenvalue weighted by Gasteiger charge is -2.32. The summed E-state index contributed by atoms with van der Waals surface area (Å²) in [5, 5.41) is 3.15. The van der Waals surface area contributed by atoms with E-state index in [1.165, 1.54) is 16.4 Å². The Hall–Kier alpha value is -1.15. The number of amides is 1. The molecule has 1 unspecified atom stereocenters. The van der Waals surface area contributed by atoms with Gasteiger partial charge in [0.05, 0.1) is 4.90 Å². The Morgan fingerprint density at radius 1 is 1.43 bits per heavy atom. The van der Waals surface area contributed by atoms with Crippen LogP contribution in [-0.4, -0.2) is 44.3 Å². The topological polar surface area (TPSA) is 92.5 Å². The number of carbonyl (C=O) groups is 1. The number of nitrogens with zero attached hydrogens (tertiary/aromatic N) is 1. The van der Waals surface area contributed by atoms with Crippen LogP contribution in [0.1, 0.15) is 22.8 Å². The molecule has 1 fully saturated rings. The fraction of sp³-hybridized carbons (Fsp3) is 0.462. The molecule has 1 heterocycles. The van der Waals surface area contributed by atoms with Crippen molar-refractivity contribution in [2.75, 3.05) is 19.6 Å². The fourth-order valence-corrected chi connectivity index (χ4v) is 4.00. The van der Waals surface area contributed by atoms with E-state index in [1.54, 1.807) is 13.0 Å². The summed E-state index contributed by atoms with van der Waals surface area (Å²) in [5.74, 6) is -0.618. The van der Waals surface area contributed by atoms with Crippen molar-refractivity contribution in [1.82, 2.24) is 9.62 Å². The van der Waals surface area contributed by atoms with E-state index in [2.05, 4.69) is 5.32 Å². The molecule has 1 saturated heterocycles. The van der Waals surface area contributed by atoms with E-state index in [1.807, 2.05) is 6.92 Å². The van der Waals surface area contributed by atoms with Crippen molar-refractivity contribution >= 4 is 28.3 Å². The maximum atomic E-state index is 12.6. The van der Waals surface area contributed by atoms with Crippen molar-refractivity contribution in [3.05, 3.63) is 29.3 Å². The van der Waals surface area contributed by atoms with Gasteiger partial charge in [-0.3, -0.25) is 4.79 Å². The number of carbonyl (C=O) groups excluding carboxylic acids is 1. The normalized spacial score (nSPS) is 19.8. The Bertz CT molecular complexity index is 634. The van der Waals surface area contributed by atoms with E-state index in [9.17, 15) is 13.2 Å². The first-order valence-electron chi connectivity index (χ1n) is 6.47. The molecule has 1 aliphatic heterocycles. The van der Waals surface area contributed by atoms with Gasteiger partial charge in [0.25, 0.3) is 0 Å². The molecule has 0 radical (unpaired) electrons. The predicted molar refractivity (Wildman–Crippen MR) is 83.2 cm³/mol. The Morgan fingerprint density at radius 2 is 2.10 bits per heavy atom. The molecule has 8 heteroatoms. The zero-order valence-corrected chi connectivity index (χ0v) is 13.6. The number of halogens is 1. The molecule has 118 valence electrons. The van der Waals surface area contributed by atoms with Crippen molar-refractivity contribution in [1.29, 1.82) is 0 Å². The van der Waals surface area contributed by atoms with E-state index >= 15 is 0 Å². The quantitative estimate of drug-likeness (QED) is 0.842. The first-order chi connectivity index (χ1) is 9.34. The summed E-state index contributed by atoms with van der Waals surface area (Å²) in [6.45, 7) is 5.24. The predicted octanol–water partition coefficient (Wildman–Crippen LogP) is 0.498. The minimum absolute atomic E-state index is 0. The summed E-state index contributed by atoms with van der Waals surface area (Å²) >= 11 is 0. The van der Waals surface area contributed by atoms with Crippen LogP contribution in [0.5, 0.6) is 0 Å². The number of primary amides is 1. The Morgan fingerprint density at radius 3 is 2.67 bits per heavy atom. The Kier molecular flexibility index (Phi) is 5.75. The molecule has 1 aromatic rings. The summed E-state index contributed by atoms with van der Waals surface area (Å²) in [6.07, 6.45) is 0. The molecule has 1 amide bonds. The van der Waals surface area contributed by atoms with Crippen molar-refractivity contribution in [3.63, 3.8) is 0 Å². The van der Waals surface area contributed by atoms with Crippen molar-refractivity contribution in [2.24, 2.45) is 5.73 Å². The second-order valence-corrected chi connectivity index (χ2v) is 6.90. The molecule has 2 rings (SSSR count). The minimum atomic E-state index is -3.60. The molecule has 0 saturated carbocycles. The number of hydrogen-bond donors (Lipinski definition) is 2. The summed E-state index contributed by atoms with van der Waals surface area (Å²) in [7, 11) is -3.60. The first kappa shape index (κ1) is 17.9. The zero-order chi connectivity index (χ0) is 14.9. The third-order valence-corrected chi connectivity index (χ3v) is 5.53. The van der Waals surface area contributed by atoms with E-state index in [-0.39, 0.29) is 28.9 Å². The summed E-state index contributed by atoms with van der Waals surface area (Å²) in [6, 6.07) is 4.38. The number of benzene rings is 1. The molecule has 1 aromatic carbocycles. The molecule has 0 spiro atoms. The second-order valence-electron chi connectivity index (χ2n) is 5.01. The third kappa shape index (κ3) is 3.55. The summed E-state index contributed by atoms with van der Waals surface area (Å²) in [4.78, 5) is 11.5. The maximum absolute atomic E-state index is 12.6. The van der Waals surface area contributed by atoms with Gasteiger partial charge in [-0.1, -0.05) is 6.07 Å². The monoisotopic (exact) mass is 333 g/mol. The second kappa shape index (κ2) is 6.74. The van der Waals surface area contributed by atoms with Gasteiger partial charge in [0, 0.05) is 31.2 Å². The lowest BCUT2D eigenvalue weighted by atomic mass is 10.1. The third-order valence-electron chi connectivity index (χ3n) is 3.52. The molecule has 0 aromatic heterocycles. The number of piperazine rings is 1. The lowest BCUT2D eigenvalue weighted by molar-refractivity contribution is 0.0999. The van der Waals surface area contributed by atoms with Gasteiger partial charge in [-0.2, -0.15) is 4.31 Å². The van der Waals surface area contributed by atoms with Gasteiger partial charge in [0.2, 0.25) is 15.9 Å². The van der Waals surface area contributed by atoms with E-state index in [0.717, 1.165) is 0 Å². The van der Waals surface area contributed by atoms with Crippen LogP contribution in [0.3, 0.4) is 0 Å². The fourth-order valence-electron chi connectivity index (χ4n) is 2.34. The average molecular weight is 334 g/mol. The van der Waals surface area contributed by atoms with Gasteiger partial charge < -0.3 is 11.1 Å². The number of nitrogens with two attached hydrogens (primary N) is 1. The van der Waals surface area contributed by atoms with Gasteiger partial charge in [0.15, 0.2) is 0 Å². The molecule has 1 aliphatic rings. The number of aryl methyl sites for hydroxylation is 1. The van der Waals surface area contributed by atoms with Crippen LogP contribution < -0.4 is 11.1 Å². The molecule has 0 bridgehead atoms. The Labute approximate surface area is 131 Å². The van der Waals surface area contributed by atoms with Gasteiger partial charge >= 0.3 is 0 Å². The molecule has 3 N–H and O–H groups in total. The molecule has 6 nitrogen and oxygen atoms in total. The van der Waals surface area contributed by atoms with Crippen LogP contribution in [0.15, 0.2) is 23.1 Å². The van der Waals surface area contributed by atoms with Crippen molar-refractivity contribution in [3.8, 4) is 0 Å². The first-order valence-corrected chi connectivity index (χ1v) is 7.91. The minimum Gasteiger partial charge on any atom is -0.366 e. The molecular formula is C13H20ClN3O3S. The van der Waals surface area contributed by atoms with E-state index in [0.29, 0.717) is 25.2 Å². The highest BCUT2D eigenvalue weighted by Crippen LogP contribution is 2.21. The van der Waals surface area contributed by atoms with Crippen LogP contribution in [0.2, 0.25) is 0 Å². The highest BCUT2D eigenvalue weighted by molar-refractivity contribution is 7.89. The average Bonchev–Trinajstić information content (AvgIpc) is 2.38. The smallest absolute Gasteiger partial charge is 0.249 e. The van der Waals surface area contributed by atoms with Gasteiger partial charge in [0.1, 0.15) is 0 Å². The molecule has 21 heavy (non-hydrogen) atoms. The van der Waals surface area contributed by atoms with Crippen LogP contribution >= 0.6 is 12.4 Å². The number of rotatable bonds is 3. The Balaban J connectivity index is 0.00000220. The zero-order valence-electron chi connectivity index (χ0n) is 12.0. The number of hydrogen-bond acceptors (Lipinski definition) is 4. The molecular weight excluding hydrogens is 314 g/mol. The standard InChI is InChI=1S/C13H19N3O3S.ClH/c1-9-3-4-11(7-12(9)13(14)17)20(18,19)16-6-5-15-8-10(16)2;/h3-4,7,10,15H,5-6,8H2,1-2H3,(H2,14,17);1H. The van der Waals surface area contributed by atoms with Crippen molar-refractivity contribution < 1.29 is 13.2 Å². The van der Waals surface area contributed by atoms with Gasteiger partial charge in [-0.05, 0) is 31.5 Å². The lowest BCUT2D eigenvalue weighted by Crippen LogP contribution is -2.52. The maximum Gasteiger partial charge on any atom is 0.249 e. The van der Waals surface area contributed by atoms with Crippen LogP contribution in [-0.2, 0) is 10.0 Å². The van der Waals surface area contributed by atoms with E-state index < -0.39 is 15.9 Å². The highest BCUT2D eigenvalue weighted by Gasteiger charge is 2.31. The number of nitrogens with one attached hydrogen (secondary N) is 1.